The second-order valence-corrected chi connectivity index (χ2v) is 9.03. The number of hydrogen-bond acceptors (Lipinski definition) is 3. The molecule has 1 aromatic carbocycles. The predicted octanol–water partition coefficient (Wildman–Crippen LogP) is 3.66. The van der Waals surface area contributed by atoms with Gasteiger partial charge >= 0.3 is 0 Å². The fourth-order valence-electron chi connectivity index (χ4n) is 4.36. The molecule has 0 bridgehead atoms. The summed E-state index contributed by atoms with van der Waals surface area (Å²) >= 11 is 6.04. The van der Waals surface area contributed by atoms with Gasteiger partial charge in [0.25, 0.3) is 0 Å². The lowest BCUT2D eigenvalue weighted by atomic mass is 9.84. The first-order valence-electron chi connectivity index (χ1n) is 10.4. The van der Waals surface area contributed by atoms with Crippen LogP contribution in [0.25, 0.3) is 0 Å². The zero-order chi connectivity index (χ0) is 21.1. The summed E-state index contributed by atoms with van der Waals surface area (Å²) in [5, 5.41) is 6.44. The molecule has 1 heterocycles. The van der Waals surface area contributed by atoms with Crippen molar-refractivity contribution in [3.05, 3.63) is 28.8 Å². The molecule has 1 saturated heterocycles. The number of nitrogens with one attached hydrogen (secondary N) is 2. The summed E-state index contributed by atoms with van der Waals surface area (Å²) in [6, 6.07) is 4.46. The number of amides is 3. The molecule has 0 radical (unpaired) electrons. The second kappa shape index (κ2) is 9.16. The van der Waals surface area contributed by atoms with Crippen LogP contribution in [0.4, 0.5) is 5.69 Å². The van der Waals surface area contributed by atoms with E-state index in [2.05, 4.69) is 10.6 Å². The summed E-state index contributed by atoms with van der Waals surface area (Å²) in [5.41, 5.74) is 1.50. The zero-order valence-electron chi connectivity index (χ0n) is 17.3. The maximum absolute atomic E-state index is 13.1. The number of nitrogens with zero attached hydrogens (tertiary/aromatic N) is 1. The molecule has 2 fully saturated rings. The van der Waals surface area contributed by atoms with Crippen LogP contribution in [-0.4, -0.2) is 40.7 Å². The standard InChI is InChI=1S/C22H30ClN3O3/c1-13(2)10-21(28)26-18-7-5-4-6-16(18)25-22(29)19(26)12-20(27)24-17-11-15(23)9-8-14(17)3/h8-9,11,13,16,18-19H,4-7,10,12H2,1-3H3,(H,24,27)(H,25,29). The van der Waals surface area contributed by atoms with E-state index < -0.39 is 6.04 Å². The smallest absolute Gasteiger partial charge is 0.243 e. The molecule has 158 valence electrons. The largest absolute Gasteiger partial charge is 0.349 e. The Kier molecular flexibility index (Phi) is 6.83. The number of halogens is 1. The number of aryl methyl sites for hydroxylation is 1. The highest BCUT2D eigenvalue weighted by atomic mass is 35.5. The van der Waals surface area contributed by atoms with Gasteiger partial charge in [0.1, 0.15) is 6.04 Å². The highest BCUT2D eigenvalue weighted by molar-refractivity contribution is 6.31. The molecule has 2 aliphatic rings. The first-order valence-corrected chi connectivity index (χ1v) is 10.8. The van der Waals surface area contributed by atoms with E-state index in [1.54, 1.807) is 17.0 Å². The molecule has 3 atom stereocenters. The van der Waals surface area contributed by atoms with Crippen LogP contribution in [-0.2, 0) is 14.4 Å². The van der Waals surface area contributed by atoms with Crippen LogP contribution in [0.2, 0.25) is 5.02 Å². The van der Waals surface area contributed by atoms with Gasteiger partial charge in [-0.1, -0.05) is 44.4 Å². The minimum Gasteiger partial charge on any atom is -0.349 e. The van der Waals surface area contributed by atoms with Crippen LogP contribution in [0.1, 0.15) is 57.9 Å². The summed E-state index contributed by atoms with van der Waals surface area (Å²) in [5.74, 6) is -0.378. The van der Waals surface area contributed by atoms with Gasteiger partial charge in [-0.05, 0) is 43.4 Å². The van der Waals surface area contributed by atoms with Gasteiger partial charge in [0, 0.05) is 23.2 Å². The van der Waals surface area contributed by atoms with Crippen LogP contribution in [0.5, 0.6) is 0 Å². The molecule has 29 heavy (non-hydrogen) atoms. The highest BCUT2D eigenvalue weighted by Crippen LogP contribution is 2.31. The van der Waals surface area contributed by atoms with Crippen molar-refractivity contribution in [3.63, 3.8) is 0 Å². The Hall–Kier alpha value is -2.08. The molecule has 3 amide bonds. The number of rotatable bonds is 5. The molecule has 6 nitrogen and oxygen atoms in total. The van der Waals surface area contributed by atoms with Gasteiger partial charge in [-0.25, -0.2) is 0 Å². The third kappa shape index (κ3) is 5.10. The van der Waals surface area contributed by atoms with E-state index in [1.807, 2.05) is 26.8 Å². The van der Waals surface area contributed by atoms with Gasteiger partial charge in [-0.2, -0.15) is 0 Å². The number of benzene rings is 1. The number of piperazine rings is 1. The molecule has 3 unspecified atom stereocenters. The molecule has 1 aromatic rings. The Morgan fingerprint density at radius 1 is 1.28 bits per heavy atom. The highest BCUT2D eigenvalue weighted by Gasteiger charge is 2.45. The first-order chi connectivity index (χ1) is 13.8. The minimum absolute atomic E-state index is 0.0122. The van der Waals surface area contributed by atoms with Gasteiger partial charge in [0.15, 0.2) is 0 Å². The van der Waals surface area contributed by atoms with Crippen LogP contribution in [0, 0.1) is 12.8 Å². The summed E-state index contributed by atoms with van der Waals surface area (Å²) in [4.78, 5) is 40.4. The summed E-state index contributed by atoms with van der Waals surface area (Å²) < 4.78 is 0. The monoisotopic (exact) mass is 419 g/mol. The van der Waals surface area contributed by atoms with Crippen molar-refractivity contribution in [3.8, 4) is 0 Å². The second-order valence-electron chi connectivity index (χ2n) is 8.59. The number of carbonyl (C=O) groups is 3. The van der Waals surface area contributed by atoms with Crippen molar-refractivity contribution >= 4 is 35.0 Å². The lowest BCUT2D eigenvalue weighted by molar-refractivity contribution is -0.152. The van der Waals surface area contributed by atoms with Crippen molar-refractivity contribution in [2.24, 2.45) is 5.92 Å². The molecule has 1 aliphatic carbocycles. The molecule has 0 spiro atoms. The van der Waals surface area contributed by atoms with Crippen molar-refractivity contribution < 1.29 is 14.4 Å². The topological polar surface area (TPSA) is 78.5 Å². The lowest BCUT2D eigenvalue weighted by Crippen LogP contribution is -2.68. The SMILES string of the molecule is Cc1ccc(Cl)cc1NC(=O)CC1C(=O)NC2CCCCC2N1C(=O)CC(C)C. The van der Waals surface area contributed by atoms with Crippen LogP contribution < -0.4 is 10.6 Å². The molecule has 0 aromatic heterocycles. The average molecular weight is 420 g/mol. The number of fused-ring (bicyclic) bond motifs is 1. The van der Waals surface area contributed by atoms with E-state index in [1.165, 1.54) is 0 Å². The van der Waals surface area contributed by atoms with E-state index in [9.17, 15) is 14.4 Å². The van der Waals surface area contributed by atoms with E-state index in [0.29, 0.717) is 17.1 Å². The average Bonchev–Trinajstić information content (AvgIpc) is 2.64. The van der Waals surface area contributed by atoms with E-state index in [-0.39, 0.29) is 42.1 Å². The van der Waals surface area contributed by atoms with Crippen molar-refractivity contribution in [2.75, 3.05) is 5.32 Å². The third-order valence-electron chi connectivity index (χ3n) is 5.78. The number of hydrogen-bond donors (Lipinski definition) is 2. The zero-order valence-corrected chi connectivity index (χ0v) is 18.1. The molecule has 1 aliphatic heterocycles. The molecule has 1 saturated carbocycles. The Balaban J connectivity index is 1.80. The lowest BCUT2D eigenvalue weighted by Gasteiger charge is -2.48. The molecular weight excluding hydrogens is 390 g/mol. The fraction of sp³-hybridized carbons (Fsp3) is 0.591. The van der Waals surface area contributed by atoms with Crippen molar-refractivity contribution in [2.45, 2.75) is 77.4 Å². The van der Waals surface area contributed by atoms with Crippen molar-refractivity contribution in [1.29, 1.82) is 0 Å². The first kappa shape index (κ1) is 21.6. The maximum atomic E-state index is 13.1. The molecular formula is C22H30ClN3O3. The van der Waals surface area contributed by atoms with E-state index in [0.717, 1.165) is 31.2 Å². The molecule has 3 rings (SSSR count). The van der Waals surface area contributed by atoms with Crippen LogP contribution in [0.15, 0.2) is 18.2 Å². The minimum atomic E-state index is -0.778. The summed E-state index contributed by atoms with van der Waals surface area (Å²) in [6.45, 7) is 5.86. The van der Waals surface area contributed by atoms with Crippen LogP contribution in [0.3, 0.4) is 0 Å². The van der Waals surface area contributed by atoms with Gasteiger partial charge in [-0.3, -0.25) is 14.4 Å². The fourth-order valence-corrected chi connectivity index (χ4v) is 4.53. The van der Waals surface area contributed by atoms with Gasteiger partial charge < -0.3 is 15.5 Å². The Morgan fingerprint density at radius 3 is 2.72 bits per heavy atom. The maximum Gasteiger partial charge on any atom is 0.243 e. The molecule has 7 heteroatoms. The van der Waals surface area contributed by atoms with E-state index >= 15 is 0 Å². The van der Waals surface area contributed by atoms with Crippen molar-refractivity contribution in [1.82, 2.24) is 10.2 Å². The Bertz CT molecular complexity index is 796. The third-order valence-corrected chi connectivity index (χ3v) is 6.01. The molecule has 2 N–H and O–H groups in total. The van der Waals surface area contributed by atoms with Gasteiger partial charge in [0.2, 0.25) is 17.7 Å². The predicted molar refractivity (Wildman–Crippen MR) is 114 cm³/mol. The Labute approximate surface area is 177 Å². The normalized spacial score (nSPS) is 24.1. The summed E-state index contributed by atoms with van der Waals surface area (Å²) in [7, 11) is 0. The quantitative estimate of drug-likeness (QED) is 0.764. The number of anilines is 1. The van der Waals surface area contributed by atoms with Crippen LogP contribution >= 0.6 is 11.6 Å². The van der Waals surface area contributed by atoms with Gasteiger partial charge in [0.05, 0.1) is 12.5 Å². The van der Waals surface area contributed by atoms with Gasteiger partial charge in [-0.15, -0.1) is 0 Å². The Morgan fingerprint density at radius 2 is 2.00 bits per heavy atom. The summed E-state index contributed by atoms with van der Waals surface area (Å²) in [6.07, 6.45) is 4.13. The number of carbonyl (C=O) groups excluding carboxylic acids is 3. The van der Waals surface area contributed by atoms with E-state index in [4.69, 9.17) is 11.6 Å².